The molecular formula is C32H47N. The van der Waals surface area contributed by atoms with Crippen molar-refractivity contribution < 1.29 is 0 Å². The maximum Gasteiger partial charge on any atom is 0.0702 e. The highest BCUT2D eigenvalue weighted by Crippen LogP contribution is 2.39. The van der Waals surface area contributed by atoms with E-state index in [-0.39, 0.29) is 0 Å². The first-order chi connectivity index (χ1) is 16.3. The molecule has 2 fully saturated rings. The first-order valence-electron chi connectivity index (χ1n) is 14.3. The number of hydrogen-bond donors (Lipinski definition) is 0. The molecule has 0 radical (unpaired) electrons. The molecule has 0 saturated heterocycles. The smallest absolute Gasteiger partial charge is 0.0702 e. The third-order valence-electron chi connectivity index (χ3n) is 8.79. The van der Waals surface area contributed by atoms with Crippen molar-refractivity contribution >= 4 is 0 Å². The van der Waals surface area contributed by atoms with Gasteiger partial charge in [-0.15, -0.1) is 0 Å². The van der Waals surface area contributed by atoms with Gasteiger partial charge in [0.05, 0.1) is 5.69 Å². The second-order valence-corrected chi connectivity index (χ2v) is 11.2. The van der Waals surface area contributed by atoms with Gasteiger partial charge in [-0.1, -0.05) is 89.1 Å². The lowest BCUT2D eigenvalue weighted by Gasteiger charge is -2.29. The van der Waals surface area contributed by atoms with Crippen molar-refractivity contribution in [1.82, 2.24) is 4.98 Å². The van der Waals surface area contributed by atoms with Crippen LogP contribution >= 0.6 is 0 Å². The first-order valence-corrected chi connectivity index (χ1v) is 14.3. The molecule has 1 aromatic carbocycles. The summed E-state index contributed by atoms with van der Waals surface area (Å²) in [5, 5.41) is 0. The number of aromatic nitrogens is 1. The van der Waals surface area contributed by atoms with E-state index < -0.39 is 0 Å². The Kier molecular flexibility index (Phi) is 9.45. The van der Waals surface area contributed by atoms with Crippen LogP contribution in [0.15, 0.2) is 42.6 Å². The van der Waals surface area contributed by atoms with Crippen molar-refractivity contribution in [2.24, 2.45) is 11.8 Å². The molecule has 1 aromatic heterocycles. The Morgan fingerprint density at radius 1 is 0.606 bits per heavy atom. The Balaban J connectivity index is 1.26. The fraction of sp³-hybridized carbons (Fsp3) is 0.656. The average molecular weight is 446 g/mol. The predicted octanol–water partition coefficient (Wildman–Crippen LogP) is 10.1. The second kappa shape index (κ2) is 12.7. The predicted molar refractivity (Wildman–Crippen MR) is 143 cm³/mol. The topological polar surface area (TPSA) is 12.9 Å². The molecule has 2 aliphatic carbocycles. The summed E-state index contributed by atoms with van der Waals surface area (Å²) in [4.78, 5) is 4.89. The van der Waals surface area contributed by atoms with Crippen molar-refractivity contribution in [3.63, 3.8) is 0 Å². The van der Waals surface area contributed by atoms with E-state index in [1.165, 1.54) is 113 Å². The SMILES string of the molecule is CCCCCC[C@H]1CC[C@H](c2ccc(-c3ccc([C@H]4CC[C@H](CCC)CC4)cc3)nc2)CC1. The summed E-state index contributed by atoms with van der Waals surface area (Å²) < 4.78 is 0. The summed E-state index contributed by atoms with van der Waals surface area (Å²) in [5.41, 5.74) is 5.39. The standard InChI is InChI=1S/C32H47N/c1-3-5-6-7-9-26-12-16-29(17-13-26)31-22-23-32(33-24-31)30-20-18-28(19-21-30)27-14-10-25(8-4-2)11-15-27/h18-27,29H,3-17H2,1-2H3/t25-,26-,27-,29-. The largest absolute Gasteiger partial charge is 0.256 e. The number of benzene rings is 1. The van der Waals surface area contributed by atoms with Crippen LogP contribution in [0.2, 0.25) is 0 Å². The normalized spacial score (nSPS) is 25.8. The van der Waals surface area contributed by atoms with Gasteiger partial charge < -0.3 is 0 Å². The van der Waals surface area contributed by atoms with E-state index in [1.807, 2.05) is 0 Å². The van der Waals surface area contributed by atoms with Gasteiger partial charge in [-0.05, 0) is 92.2 Å². The van der Waals surface area contributed by atoms with E-state index in [1.54, 1.807) is 0 Å². The Bertz CT molecular complexity index is 789. The highest BCUT2D eigenvalue weighted by Gasteiger charge is 2.23. The van der Waals surface area contributed by atoms with Crippen LogP contribution in [-0.4, -0.2) is 4.98 Å². The molecule has 0 unspecified atom stereocenters. The van der Waals surface area contributed by atoms with Crippen molar-refractivity contribution in [3.05, 3.63) is 53.7 Å². The van der Waals surface area contributed by atoms with E-state index in [9.17, 15) is 0 Å². The molecule has 180 valence electrons. The Hall–Kier alpha value is -1.63. The van der Waals surface area contributed by atoms with E-state index in [0.29, 0.717) is 0 Å². The fourth-order valence-electron chi connectivity index (χ4n) is 6.58. The Morgan fingerprint density at radius 2 is 1.21 bits per heavy atom. The maximum atomic E-state index is 4.89. The molecule has 0 aliphatic heterocycles. The fourth-order valence-corrected chi connectivity index (χ4v) is 6.58. The molecule has 0 spiro atoms. The minimum Gasteiger partial charge on any atom is -0.256 e. The number of rotatable bonds is 10. The van der Waals surface area contributed by atoms with Crippen LogP contribution < -0.4 is 0 Å². The maximum absolute atomic E-state index is 4.89. The number of unbranched alkanes of at least 4 members (excludes halogenated alkanes) is 3. The average Bonchev–Trinajstić information content (AvgIpc) is 2.88. The van der Waals surface area contributed by atoms with E-state index in [4.69, 9.17) is 4.98 Å². The molecule has 33 heavy (non-hydrogen) atoms. The summed E-state index contributed by atoms with van der Waals surface area (Å²) in [7, 11) is 0. The number of nitrogens with zero attached hydrogens (tertiary/aromatic N) is 1. The van der Waals surface area contributed by atoms with Crippen LogP contribution in [-0.2, 0) is 0 Å². The van der Waals surface area contributed by atoms with Gasteiger partial charge in [0.2, 0.25) is 0 Å². The van der Waals surface area contributed by atoms with Gasteiger partial charge in [0.15, 0.2) is 0 Å². The number of hydrogen-bond acceptors (Lipinski definition) is 1. The van der Waals surface area contributed by atoms with Crippen molar-refractivity contribution in [2.75, 3.05) is 0 Å². The Labute approximate surface area is 203 Å². The molecule has 1 heteroatoms. The summed E-state index contributed by atoms with van der Waals surface area (Å²) >= 11 is 0. The third kappa shape index (κ3) is 6.93. The van der Waals surface area contributed by atoms with Crippen LogP contribution in [0, 0.1) is 11.8 Å². The van der Waals surface area contributed by atoms with Gasteiger partial charge >= 0.3 is 0 Å². The van der Waals surface area contributed by atoms with Crippen LogP contribution in [0.3, 0.4) is 0 Å². The monoisotopic (exact) mass is 445 g/mol. The van der Waals surface area contributed by atoms with Gasteiger partial charge in [-0.2, -0.15) is 0 Å². The van der Waals surface area contributed by atoms with Gasteiger partial charge in [-0.25, -0.2) is 0 Å². The lowest BCUT2D eigenvalue weighted by atomic mass is 9.77. The van der Waals surface area contributed by atoms with E-state index in [0.717, 1.165) is 29.4 Å². The molecule has 0 atom stereocenters. The second-order valence-electron chi connectivity index (χ2n) is 11.2. The van der Waals surface area contributed by atoms with E-state index >= 15 is 0 Å². The van der Waals surface area contributed by atoms with Crippen LogP contribution in [0.5, 0.6) is 0 Å². The lowest BCUT2D eigenvalue weighted by Crippen LogP contribution is -2.13. The minimum absolute atomic E-state index is 0.726. The molecule has 2 saturated carbocycles. The van der Waals surface area contributed by atoms with Gasteiger partial charge in [-0.3, -0.25) is 4.98 Å². The van der Waals surface area contributed by atoms with Gasteiger partial charge in [0.1, 0.15) is 0 Å². The van der Waals surface area contributed by atoms with Crippen molar-refractivity contribution in [3.8, 4) is 11.3 Å². The van der Waals surface area contributed by atoms with E-state index in [2.05, 4.69) is 56.4 Å². The molecule has 0 amide bonds. The molecule has 2 aromatic rings. The van der Waals surface area contributed by atoms with Crippen LogP contribution in [0.4, 0.5) is 0 Å². The molecule has 2 aliphatic rings. The van der Waals surface area contributed by atoms with Crippen molar-refractivity contribution in [2.45, 2.75) is 122 Å². The highest BCUT2D eigenvalue weighted by atomic mass is 14.7. The molecule has 0 N–H and O–H groups in total. The van der Waals surface area contributed by atoms with Crippen molar-refractivity contribution in [1.29, 1.82) is 0 Å². The highest BCUT2D eigenvalue weighted by molar-refractivity contribution is 5.59. The zero-order valence-corrected chi connectivity index (χ0v) is 21.4. The van der Waals surface area contributed by atoms with Crippen LogP contribution in [0.25, 0.3) is 11.3 Å². The molecular weight excluding hydrogens is 398 g/mol. The minimum atomic E-state index is 0.726. The zero-order chi connectivity index (χ0) is 22.9. The summed E-state index contributed by atoms with van der Waals surface area (Å²) in [6, 6.07) is 14.0. The van der Waals surface area contributed by atoms with Gasteiger partial charge in [0, 0.05) is 11.8 Å². The Morgan fingerprint density at radius 3 is 1.79 bits per heavy atom. The lowest BCUT2D eigenvalue weighted by molar-refractivity contribution is 0.302. The third-order valence-corrected chi connectivity index (χ3v) is 8.79. The van der Waals surface area contributed by atoms with Gasteiger partial charge in [0.25, 0.3) is 0 Å². The number of pyridine rings is 1. The first kappa shape index (κ1) is 24.5. The zero-order valence-electron chi connectivity index (χ0n) is 21.4. The summed E-state index contributed by atoms with van der Waals surface area (Å²) in [6.45, 7) is 4.63. The van der Waals surface area contributed by atoms with Crippen LogP contribution in [0.1, 0.15) is 133 Å². The quantitative estimate of drug-likeness (QED) is 0.331. The molecule has 4 rings (SSSR count). The summed E-state index contributed by atoms with van der Waals surface area (Å²) in [6.07, 6.45) is 23.2. The molecule has 1 heterocycles. The summed E-state index contributed by atoms with van der Waals surface area (Å²) in [5.74, 6) is 3.45. The molecule has 1 nitrogen and oxygen atoms in total. The molecule has 0 bridgehead atoms.